The minimum absolute atomic E-state index is 0.102. The summed E-state index contributed by atoms with van der Waals surface area (Å²) in [5.74, 6) is 0.835. The lowest BCUT2D eigenvalue weighted by atomic mass is 10.0. The molecule has 0 heterocycles. The number of hydrogen-bond acceptors (Lipinski definition) is 2. The maximum absolute atomic E-state index is 10.8. The van der Waals surface area contributed by atoms with Crippen LogP contribution in [-0.2, 0) is 6.42 Å². The van der Waals surface area contributed by atoms with Crippen molar-refractivity contribution in [3.05, 3.63) is 125 Å². The van der Waals surface area contributed by atoms with E-state index in [1.165, 1.54) is 15.9 Å². The van der Waals surface area contributed by atoms with Crippen LogP contribution in [0.5, 0.6) is 5.75 Å². The van der Waals surface area contributed by atoms with Gasteiger partial charge in [0.25, 0.3) is 0 Å². The van der Waals surface area contributed by atoms with Crippen LogP contribution >= 0.6 is 11.6 Å². The zero-order valence-electron chi connectivity index (χ0n) is 21.3. The van der Waals surface area contributed by atoms with Gasteiger partial charge in [-0.2, -0.15) is 0 Å². The number of aliphatic hydroxyl groups is 1. The fourth-order valence-electron chi connectivity index (χ4n) is 4.90. The van der Waals surface area contributed by atoms with Crippen LogP contribution in [0.15, 0.2) is 109 Å². The number of aryl methyl sites for hydroxylation is 1. The number of rotatable bonds is 9. The predicted octanol–water partition coefficient (Wildman–Crippen LogP) is 7.34. The van der Waals surface area contributed by atoms with Crippen molar-refractivity contribution in [3.8, 4) is 5.75 Å². The van der Waals surface area contributed by atoms with Gasteiger partial charge in [-0.15, -0.1) is 0 Å². The highest BCUT2D eigenvalue weighted by molar-refractivity contribution is 7.00. The monoisotopic (exact) mass is 514 g/mol. The molecule has 0 aromatic heterocycles. The Morgan fingerprint density at radius 3 is 1.78 bits per heavy atom. The zero-order valence-corrected chi connectivity index (χ0v) is 23.1. The van der Waals surface area contributed by atoms with Crippen LogP contribution in [0.25, 0.3) is 0 Å². The molecule has 0 spiro atoms. The van der Waals surface area contributed by atoms with Gasteiger partial charge in [0.2, 0.25) is 0 Å². The van der Waals surface area contributed by atoms with Crippen molar-refractivity contribution < 1.29 is 9.53 Å². The Balaban J connectivity index is 1.54. The molecule has 0 amide bonds. The van der Waals surface area contributed by atoms with Crippen molar-refractivity contribution in [1.29, 1.82) is 0 Å². The SMILES string of the molecule is CC(C)(C)[Si](Oc1ccc(C(O)CCCc2ccc(Cl)cc2)cc1)(c1ccccc1)c1ccccc1. The van der Waals surface area contributed by atoms with Gasteiger partial charge in [0.05, 0.1) is 6.10 Å². The zero-order chi connectivity index (χ0) is 25.6. The molecule has 4 heteroatoms. The van der Waals surface area contributed by atoms with E-state index < -0.39 is 14.4 Å². The molecule has 0 aliphatic rings. The number of hydrogen-bond donors (Lipinski definition) is 1. The Kier molecular flexibility index (Phi) is 8.35. The van der Waals surface area contributed by atoms with E-state index in [0.29, 0.717) is 6.42 Å². The first-order valence-corrected chi connectivity index (χ1v) is 14.9. The van der Waals surface area contributed by atoms with Crippen LogP contribution in [0.1, 0.15) is 50.8 Å². The molecule has 4 rings (SSSR count). The molecule has 4 aromatic carbocycles. The van der Waals surface area contributed by atoms with Gasteiger partial charge in [0.15, 0.2) is 0 Å². The summed E-state index contributed by atoms with van der Waals surface area (Å²) in [6.07, 6.45) is 2.03. The van der Waals surface area contributed by atoms with Crippen molar-refractivity contribution in [1.82, 2.24) is 0 Å². The molecule has 0 aliphatic heterocycles. The quantitative estimate of drug-likeness (QED) is 0.237. The van der Waals surface area contributed by atoms with Crippen molar-refractivity contribution in [2.45, 2.75) is 51.2 Å². The smallest absolute Gasteiger partial charge is 0.319 e. The second-order valence-electron chi connectivity index (χ2n) is 10.4. The van der Waals surface area contributed by atoms with Crippen LogP contribution in [-0.4, -0.2) is 13.4 Å². The molecule has 1 unspecified atom stereocenters. The lowest BCUT2D eigenvalue weighted by Crippen LogP contribution is -2.68. The molecule has 186 valence electrons. The molecule has 36 heavy (non-hydrogen) atoms. The average Bonchev–Trinajstić information content (AvgIpc) is 2.89. The highest BCUT2D eigenvalue weighted by Crippen LogP contribution is 2.37. The maximum Gasteiger partial charge on any atom is 0.319 e. The molecule has 0 fully saturated rings. The number of benzene rings is 4. The molecular weight excluding hydrogens is 480 g/mol. The summed E-state index contributed by atoms with van der Waals surface area (Å²) in [7, 11) is -2.67. The third-order valence-electron chi connectivity index (χ3n) is 6.81. The van der Waals surface area contributed by atoms with E-state index in [-0.39, 0.29) is 5.04 Å². The highest BCUT2D eigenvalue weighted by atomic mass is 35.5. The molecule has 1 N–H and O–H groups in total. The van der Waals surface area contributed by atoms with Crippen LogP contribution in [0.4, 0.5) is 0 Å². The van der Waals surface area contributed by atoms with Crippen molar-refractivity contribution >= 4 is 30.3 Å². The first-order valence-electron chi connectivity index (χ1n) is 12.6. The van der Waals surface area contributed by atoms with Crippen molar-refractivity contribution in [2.24, 2.45) is 0 Å². The lowest BCUT2D eigenvalue weighted by Gasteiger charge is -2.43. The third kappa shape index (κ3) is 5.92. The van der Waals surface area contributed by atoms with E-state index >= 15 is 0 Å². The highest BCUT2D eigenvalue weighted by Gasteiger charge is 2.52. The summed E-state index contributed by atoms with van der Waals surface area (Å²) in [5.41, 5.74) is 2.15. The minimum Gasteiger partial charge on any atom is -0.534 e. The third-order valence-corrected chi connectivity index (χ3v) is 12.0. The molecule has 0 saturated heterocycles. The fraction of sp³-hybridized carbons (Fsp3) is 0.250. The number of halogens is 1. The van der Waals surface area contributed by atoms with E-state index in [9.17, 15) is 5.11 Å². The van der Waals surface area contributed by atoms with E-state index in [1.54, 1.807) is 0 Å². The summed E-state index contributed by atoms with van der Waals surface area (Å²) in [6, 6.07) is 37.2. The summed E-state index contributed by atoms with van der Waals surface area (Å²) >= 11 is 5.98. The van der Waals surface area contributed by atoms with Gasteiger partial charge < -0.3 is 9.53 Å². The van der Waals surface area contributed by atoms with Crippen LogP contribution in [0, 0.1) is 0 Å². The largest absolute Gasteiger partial charge is 0.534 e. The van der Waals surface area contributed by atoms with Crippen LogP contribution in [0.3, 0.4) is 0 Å². The molecule has 0 aliphatic carbocycles. The summed E-state index contributed by atoms with van der Waals surface area (Å²) < 4.78 is 7.07. The van der Waals surface area contributed by atoms with Crippen LogP contribution in [0.2, 0.25) is 10.1 Å². The van der Waals surface area contributed by atoms with Crippen molar-refractivity contribution in [3.63, 3.8) is 0 Å². The van der Waals surface area contributed by atoms with Gasteiger partial charge in [-0.05, 0) is 70.1 Å². The Morgan fingerprint density at radius 1 is 0.750 bits per heavy atom. The van der Waals surface area contributed by atoms with Gasteiger partial charge in [0.1, 0.15) is 5.75 Å². The fourth-order valence-corrected chi connectivity index (χ4v) is 9.45. The summed E-state index contributed by atoms with van der Waals surface area (Å²) in [6.45, 7) is 6.83. The molecule has 2 nitrogen and oxygen atoms in total. The second kappa shape index (κ2) is 11.5. The molecule has 0 radical (unpaired) electrons. The van der Waals surface area contributed by atoms with E-state index in [0.717, 1.165) is 29.2 Å². The summed E-state index contributed by atoms with van der Waals surface area (Å²) in [5, 5.41) is 13.9. The van der Waals surface area contributed by atoms with Gasteiger partial charge in [-0.1, -0.05) is 117 Å². The van der Waals surface area contributed by atoms with Gasteiger partial charge in [-0.3, -0.25) is 0 Å². The first-order chi connectivity index (χ1) is 17.3. The molecular formula is C32H35ClO2Si. The Hall–Kier alpha value is -2.85. The van der Waals surface area contributed by atoms with Gasteiger partial charge in [-0.25, -0.2) is 0 Å². The van der Waals surface area contributed by atoms with Crippen molar-refractivity contribution in [2.75, 3.05) is 0 Å². The molecule has 1 atom stereocenters. The molecule has 0 bridgehead atoms. The standard InChI is InChI=1S/C32H35ClO2Si/c1-32(2,3)36(29-12-6-4-7-13-29,30-14-8-5-9-15-30)35-28-23-19-26(20-24-28)31(34)16-10-11-25-17-21-27(33)22-18-25/h4-9,12-15,17-24,31,34H,10-11,16H2,1-3H3. The predicted molar refractivity (Wildman–Crippen MR) is 154 cm³/mol. The Labute approximate surface area is 221 Å². The van der Waals surface area contributed by atoms with E-state index in [4.69, 9.17) is 16.0 Å². The molecule has 0 saturated carbocycles. The second-order valence-corrected chi connectivity index (χ2v) is 15.0. The maximum atomic E-state index is 10.8. The van der Waals surface area contributed by atoms with E-state index in [1.807, 2.05) is 48.5 Å². The Bertz CT molecular complexity index is 1180. The summed E-state index contributed by atoms with van der Waals surface area (Å²) in [4.78, 5) is 0. The van der Waals surface area contributed by atoms with Gasteiger partial charge in [0, 0.05) is 5.02 Å². The number of aliphatic hydroxyl groups excluding tert-OH is 1. The molecule has 4 aromatic rings. The normalized spacial score (nSPS) is 12.8. The van der Waals surface area contributed by atoms with Crippen LogP contribution < -0.4 is 14.8 Å². The topological polar surface area (TPSA) is 29.5 Å². The lowest BCUT2D eigenvalue weighted by molar-refractivity contribution is 0.164. The van der Waals surface area contributed by atoms with E-state index in [2.05, 4.69) is 81.4 Å². The Morgan fingerprint density at radius 2 is 1.28 bits per heavy atom. The van der Waals surface area contributed by atoms with Gasteiger partial charge >= 0.3 is 8.32 Å². The average molecular weight is 515 g/mol. The first kappa shape index (κ1) is 26.2. The minimum atomic E-state index is -2.67.